The topological polar surface area (TPSA) is 109 Å². The third kappa shape index (κ3) is 8.51. The van der Waals surface area contributed by atoms with E-state index in [2.05, 4.69) is 10.6 Å². The van der Waals surface area contributed by atoms with Crippen LogP contribution in [0.5, 0.6) is 11.5 Å². The van der Waals surface area contributed by atoms with Crippen LogP contribution in [0, 0.1) is 5.41 Å². The van der Waals surface area contributed by atoms with Crippen LogP contribution in [0.1, 0.15) is 35.2 Å². The van der Waals surface area contributed by atoms with Gasteiger partial charge in [0.15, 0.2) is 0 Å². The predicted octanol–water partition coefficient (Wildman–Crippen LogP) is 5.84. The summed E-state index contributed by atoms with van der Waals surface area (Å²) in [7, 11) is 0. The Morgan fingerprint density at radius 3 is 2.03 bits per heavy atom. The first-order valence-electron chi connectivity index (χ1n) is 12.5. The van der Waals surface area contributed by atoms with Crippen molar-refractivity contribution >= 4 is 29.8 Å². The highest BCUT2D eigenvalue weighted by atomic mass is 35.5. The first-order chi connectivity index (χ1) is 18.5. The van der Waals surface area contributed by atoms with E-state index < -0.39 is 6.04 Å². The first-order valence-corrected chi connectivity index (χ1v) is 12.5. The second kappa shape index (κ2) is 14.4. The summed E-state index contributed by atoms with van der Waals surface area (Å²) in [6.07, 6.45) is 0. The molecule has 0 saturated heterocycles. The van der Waals surface area contributed by atoms with E-state index in [9.17, 15) is 4.79 Å². The molecular formula is C31H33ClN4O3. The van der Waals surface area contributed by atoms with E-state index >= 15 is 0 Å². The second-order valence-corrected chi connectivity index (χ2v) is 8.72. The van der Waals surface area contributed by atoms with E-state index in [-0.39, 0.29) is 24.1 Å². The Balaban J connectivity index is 0.00000420. The molecule has 1 atom stereocenters. The molecule has 202 valence electrons. The molecule has 0 unspecified atom stereocenters. The highest BCUT2D eigenvalue weighted by Crippen LogP contribution is 2.30. The van der Waals surface area contributed by atoms with Gasteiger partial charge in [0, 0.05) is 23.9 Å². The van der Waals surface area contributed by atoms with Gasteiger partial charge in [0.2, 0.25) is 5.91 Å². The maximum absolute atomic E-state index is 13.5. The third-order valence-electron chi connectivity index (χ3n) is 5.87. The minimum absolute atomic E-state index is 0. The van der Waals surface area contributed by atoms with Gasteiger partial charge in [-0.3, -0.25) is 10.2 Å². The molecule has 1 amide bonds. The van der Waals surface area contributed by atoms with Crippen LogP contribution in [0.15, 0.2) is 103 Å². The Morgan fingerprint density at radius 1 is 0.846 bits per heavy atom. The molecule has 0 radical (unpaired) electrons. The Bertz CT molecular complexity index is 1350. The van der Waals surface area contributed by atoms with Crippen molar-refractivity contribution in [1.82, 2.24) is 5.32 Å². The molecule has 4 aromatic carbocycles. The van der Waals surface area contributed by atoms with Crippen LogP contribution in [0.4, 0.5) is 5.69 Å². The van der Waals surface area contributed by atoms with Gasteiger partial charge >= 0.3 is 0 Å². The minimum atomic E-state index is -0.735. The summed E-state index contributed by atoms with van der Waals surface area (Å²) < 4.78 is 11.9. The van der Waals surface area contributed by atoms with Gasteiger partial charge < -0.3 is 25.8 Å². The summed E-state index contributed by atoms with van der Waals surface area (Å²) in [5.41, 5.74) is 9.65. The van der Waals surface area contributed by atoms with Gasteiger partial charge in [-0.2, -0.15) is 0 Å². The number of benzene rings is 4. The molecule has 0 aromatic heterocycles. The fourth-order valence-corrected chi connectivity index (χ4v) is 3.93. The van der Waals surface area contributed by atoms with Gasteiger partial charge in [0.1, 0.15) is 30.0 Å². The molecule has 0 aliphatic rings. The van der Waals surface area contributed by atoms with Gasteiger partial charge in [-0.1, -0.05) is 60.7 Å². The van der Waals surface area contributed by atoms with Crippen LogP contribution < -0.4 is 25.8 Å². The molecule has 0 bridgehead atoms. The molecule has 8 heteroatoms. The van der Waals surface area contributed by atoms with E-state index in [4.69, 9.17) is 20.6 Å². The molecule has 0 spiro atoms. The van der Waals surface area contributed by atoms with Crippen molar-refractivity contribution in [3.8, 4) is 11.5 Å². The predicted molar refractivity (Wildman–Crippen MR) is 158 cm³/mol. The quantitative estimate of drug-likeness (QED) is 0.132. The fourth-order valence-electron chi connectivity index (χ4n) is 3.93. The standard InChI is InChI=1S/C31H32N4O3.ClH/c1-2-37-27-17-25(18-28(19-27)38-21-23-11-7-4-8-12-23)29(31(36)34-20-22-9-5-3-6-10-22)35-26-15-13-24(14-16-26)30(32)33;/h3-19,29,35H,2,20-21H2,1H3,(H3,32,33)(H,34,36);1H/t29-;/m1./s1. The summed E-state index contributed by atoms with van der Waals surface area (Å²) >= 11 is 0. The summed E-state index contributed by atoms with van der Waals surface area (Å²) in [4.78, 5) is 13.5. The average molecular weight is 545 g/mol. The van der Waals surface area contributed by atoms with Crippen molar-refractivity contribution in [3.63, 3.8) is 0 Å². The molecule has 0 aliphatic heterocycles. The van der Waals surface area contributed by atoms with E-state index in [1.165, 1.54) is 0 Å². The number of nitrogens with two attached hydrogens (primary N) is 1. The monoisotopic (exact) mass is 544 g/mol. The zero-order chi connectivity index (χ0) is 26.7. The number of nitrogen functional groups attached to an aromatic ring is 1. The lowest BCUT2D eigenvalue weighted by molar-refractivity contribution is -0.122. The summed E-state index contributed by atoms with van der Waals surface area (Å²) in [6, 6.07) is 31.5. The zero-order valence-corrected chi connectivity index (χ0v) is 22.5. The number of anilines is 1. The summed E-state index contributed by atoms with van der Waals surface area (Å²) in [6.45, 7) is 3.17. The van der Waals surface area contributed by atoms with Crippen LogP contribution >= 0.6 is 12.4 Å². The molecule has 4 rings (SSSR count). The average Bonchev–Trinajstić information content (AvgIpc) is 2.95. The number of hydrogen-bond acceptors (Lipinski definition) is 5. The molecule has 4 aromatic rings. The Morgan fingerprint density at radius 2 is 1.44 bits per heavy atom. The number of nitrogens with one attached hydrogen (secondary N) is 3. The number of ether oxygens (including phenoxy) is 2. The van der Waals surface area contributed by atoms with Crippen LogP contribution in [0.2, 0.25) is 0 Å². The van der Waals surface area contributed by atoms with Crippen LogP contribution in [-0.2, 0) is 17.9 Å². The highest BCUT2D eigenvalue weighted by molar-refractivity contribution is 5.95. The first kappa shape index (κ1) is 29.1. The van der Waals surface area contributed by atoms with E-state index in [0.717, 1.165) is 11.1 Å². The van der Waals surface area contributed by atoms with E-state index in [1.54, 1.807) is 24.3 Å². The van der Waals surface area contributed by atoms with Crippen molar-refractivity contribution in [1.29, 1.82) is 5.41 Å². The van der Waals surface area contributed by atoms with E-state index in [1.807, 2.05) is 85.8 Å². The largest absolute Gasteiger partial charge is 0.494 e. The zero-order valence-electron chi connectivity index (χ0n) is 21.7. The minimum Gasteiger partial charge on any atom is -0.494 e. The molecular weight excluding hydrogens is 512 g/mol. The lowest BCUT2D eigenvalue weighted by Crippen LogP contribution is -2.33. The van der Waals surface area contributed by atoms with Gasteiger partial charge in [-0.15, -0.1) is 12.4 Å². The molecule has 7 nitrogen and oxygen atoms in total. The smallest absolute Gasteiger partial charge is 0.247 e. The van der Waals surface area contributed by atoms with Gasteiger partial charge in [-0.05, 0) is 60.0 Å². The number of carbonyl (C=O) groups excluding carboxylic acids is 1. The lowest BCUT2D eigenvalue weighted by atomic mass is 10.0. The number of rotatable bonds is 12. The number of hydrogen-bond donors (Lipinski definition) is 4. The van der Waals surface area contributed by atoms with Crippen LogP contribution in [0.3, 0.4) is 0 Å². The Kier molecular flexibility index (Phi) is 10.8. The van der Waals surface area contributed by atoms with Crippen molar-refractivity contribution in [2.45, 2.75) is 26.1 Å². The normalized spacial score (nSPS) is 11.0. The van der Waals surface area contributed by atoms with Crippen LogP contribution in [0.25, 0.3) is 0 Å². The third-order valence-corrected chi connectivity index (χ3v) is 5.87. The Hall–Kier alpha value is -4.49. The Labute approximate surface area is 235 Å². The molecule has 0 aliphatic carbocycles. The molecule has 0 heterocycles. The number of amidine groups is 1. The van der Waals surface area contributed by atoms with Crippen molar-refractivity contribution in [2.75, 3.05) is 11.9 Å². The van der Waals surface area contributed by atoms with Gasteiger partial charge in [-0.25, -0.2) is 0 Å². The molecule has 5 N–H and O–H groups in total. The number of carbonyl (C=O) groups is 1. The van der Waals surface area contributed by atoms with Crippen molar-refractivity contribution in [2.24, 2.45) is 5.73 Å². The van der Waals surface area contributed by atoms with Crippen molar-refractivity contribution < 1.29 is 14.3 Å². The lowest BCUT2D eigenvalue weighted by Gasteiger charge is -2.22. The maximum Gasteiger partial charge on any atom is 0.247 e. The summed E-state index contributed by atoms with van der Waals surface area (Å²) in [5, 5.41) is 14.0. The molecule has 39 heavy (non-hydrogen) atoms. The fraction of sp³-hybridized carbons (Fsp3) is 0.161. The second-order valence-electron chi connectivity index (χ2n) is 8.72. The van der Waals surface area contributed by atoms with Gasteiger partial charge in [0.25, 0.3) is 0 Å². The number of amides is 1. The SMILES string of the molecule is CCOc1cc(OCc2ccccc2)cc([C@@H](Nc2ccc(C(=N)N)cc2)C(=O)NCc2ccccc2)c1.Cl. The van der Waals surface area contributed by atoms with Gasteiger partial charge in [0.05, 0.1) is 6.61 Å². The van der Waals surface area contributed by atoms with Crippen LogP contribution in [-0.4, -0.2) is 18.3 Å². The summed E-state index contributed by atoms with van der Waals surface area (Å²) in [5.74, 6) is 0.998. The molecule has 0 fully saturated rings. The van der Waals surface area contributed by atoms with Crippen molar-refractivity contribution in [3.05, 3.63) is 125 Å². The maximum atomic E-state index is 13.5. The molecule has 0 saturated carbocycles. The number of halogens is 1. The highest BCUT2D eigenvalue weighted by Gasteiger charge is 2.22. The van der Waals surface area contributed by atoms with E-state index in [0.29, 0.717) is 48.1 Å².